The Balaban J connectivity index is 5.08. The molecule has 0 aliphatic heterocycles. The molecule has 0 aliphatic carbocycles. The SMILES string of the molecule is CCCCCCCCCCCCCCCCCCCCCCCCC(=O)O[C@H](COC(=O)CCCCCCCCCCCCCCCCCCCCC(C)C)COP(=O)(O)OC[C@@H](O)COP(=O)(O)OC[C@@H](COC(=O)CCCCCCC)OC(=O)CCCCCCCCCCCCCCCCCCCCC. The molecule has 3 N–H and O–H groups in total. The van der Waals surface area contributed by atoms with Gasteiger partial charge in [-0.15, -0.1) is 0 Å². The van der Waals surface area contributed by atoms with Crippen molar-refractivity contribution in [2.75, 3.05) is 39.6 Å². The van der Waals surface area contributed by atoms with Gasteiger partial charge in [-0.05, 0) is 31.6 Å². The molecule has 0 heterocycles. The minimum absolute atomic E-state index is 0.108. The van der Waals surface area contributed by atoms with Gasteiger partial charge in [0.15, 0.2) is 12.2 Å². The van der Waals surface area contributed by atoms with Crippen LogP contribution in [0.1, 0.15) is 478 Å². The van der Waals surface area contributed by atoms with E-state index in [-0.39, 0.29) is 25.7 Å². The van der Waals surface area contributed by atoms with Crippen LogP contribution in [-0.2, 0) is 65.4 Å². The molecule has 0 aromatic heterocycles. The maximum Gasteiger partial charge on any atom is 0.472 e. The van der Waals surface area contributed by atoms with E-state index in [4.69, 9.17) is 37.0 Å². The third-order valence-electron chi connectivity index (χ3n) is 20.8. The van der Waals surface area contributed by atoms with E-state index in [1.54, 1.807) is 0 Å². The van der Waals surface area contributed by atoms with Crippen LogP contribution in [0.5, 0.6) is 0 Å². The van der Waals surface area contributed by atoms with E-state index < -0.39 is 97.5 Å². The fourth-order valence-corrected chi connectivity index (χ4v) is 15.4. The summed E-state index contributed by atoms with van der Waals surface area (Å²) in [4.78, 5) is 73.0. The Morgan fingerprint density at radius 2 is 0.430 bits per heavy atom. The van der Waals surface area contributed by atoms with Crippen molar-refractivity contribution in [3.8, 4) is 0 Å². The molecule has 0 radical (unpaired) electrons. The molecule has 0 spiro atoms. The molecule has 0 fully saturated rings. The monoisotopic (exact) mass is 1560 g/mol. The number of esters is 4. The highest BCUT2D eigenvalue weighted by molar-refractivity contribution is 7.47. The van der Waals surface area contributed by atoms with Gasteiger partial charge in [0.25, 0.3) is 0 Å². The average molecular weight is 1560 g/mol. The van der Waals surface area contributed by atoms with E-state index in [1.807, 2.05) is 0 Å². The van der Waals surface area contributed by atoms with Crippen LogP contribution in [0.3, 0.4) is 0 Å². The molecule has 0 rings (SSSR count). The van der Waals surface area contributed by atoms with E-state index in [2.05, 4.69) is 34.6 Å². The van der Waals surface area contributed by atoms with Crippen molar-refractivity contribution in [1.29, 1.82) is 0 Å². The van der Waals surface area contributed by atoms with Crippen LogP contribution < -0.4 is 0 Å². The molecule has 0 aromatic rings. The number of aliphatic hydroxyl groups is 1. The summed E-state index contributed by atoms with van der Waals surface area (Å²) in [6.45, 7) is 7.32. The molecule has 0 aliphatic rings. The van der Waals surface area contributed by atoms with Gasteiger partial charge in [-0.1, -0.05) is 426 Å². The number of rotatable bonds is 88. The Morgan fingerprint density at radius 1 is 0.252 bits per heavy atom. The summed E-state index contributed by atoms with van der Waals surface area (Å²) in [6.07, 6.45) is 75.7. The van der Waals surface area contributed by atoms with E-state index in [0.717, 1.165) is 102 Å². The maximum absolute atomic E-state index is 13.1. The zero-order valence-corrected chi connectivity index (χ0v) is 72.1. The normalized spacial score (nSPS) is 13.7. The molecule has 19 heteroatoms. The lowest BCUT2D eigenvalue weighted by atomic mass is 10.0. The summed E-state index contributed by atoms with van der Waals surface area (Å²) < 4.78 is 68.7. The smallest absolute Gasteiger partial charge is 0.462 e. The number of hydrogen-bond acceptors (Lipinski definition) is 15. The van der Waals surface area contributed by atoms with Gasteiger partial charge in [0.05, 0.1) is 26.4 Å². The lowest BCUT2D eigenvalue weighted by Crippen LogP contribution is -2.30. The van der Waals surface area contributed by atoms with E-state index in [1.165, 1.54) is 295 Å². The molecule has 17 nitrogen and oxygen atoms in total. The summed E-state index contributed by atoms with van der Waals surface area (Å²) >= 11 is 0. The second kappa shape index (κ2) is 80.7. The first-order valence-corrected chi connectivity index (χ1v) is 48.6. The second-order valence-corrected chi connectivity index (χ2v) is 35.0. The molecule has 107 heavy (non-hydrogen) atoms. The first-order chi connectivity index (χ1) is 52.0. The number of unbranched alkanes of at least 4 members (excludes halogenated alkanes) is 60. The lowest BCUT2D eigenvalue weighted by Gasteiger charge is -2.21. The number of phosphoric acid groups is 2. The molecular formula is C88H172O17P2. The van der Waals surface area contributed by atoms with Crippen molar-refractivity contribution in [2.45, 2.75) is 496 Å². The quantitative estimate of drug-likeness (QED) is 0.0222. The highest BCUT2D eigenvalue weighted by Crippen LogP contribution is 2.45. The van der Waals surface area contributed by atoms with Crippen LogP contribution in [0.25, 0.3) is 0 Å². The number of aliphatic hydroxyl groups excluding tert-OH is 1. The maximum atomic E-state index is 13.1. The predicted molar refractivity (Wildman–Crippen MR) is 442 cm³/mol. The zero-order chi connectivity index (χ0) is 78.3. The second-order valence-electron chi connectivity index (χ2n) is 32.1. The van der Waals surface area contributed by atoms with Crippen LogP contribution in [0.2, 0.25) is 0 Å². The molecule has 0 aromatic carbocycles. The first-order valence-electron chi connectivity index (χ1n) is 45.6. The van der Waals surface area contributed by atoms with E-state index in [0.29, 0.717) is 25.7 Å². The van der Waals surface area contributed by atoms with Gasteiger partial charge >= 0.3 is 39.5 Å². The van der Waals surface area contributed by atoms with Gasteiger partial charge < -0.3 is 33.8 Å². The average Bonchev–Trinajstić information content (AvgIpc) is 0.902. The largest absolute Gasteiger partial charge is 0.472 e. The summed E-state index contributed by atoms with van der Waals surface area (Å²) in [7, 11) is -9.92. The Labute approximate surface area is 658 Å². The first kappa shape index (κ1) is 105. The number of carbonyl (C=O) groups is 4. The van der Waals surface area contributed by atoms with Gasteiger partial charge in [0, 0.05) is 25.7 Å². The summed E-state index contributed by atoms with van der Waals surface area (Å²) in [6, 6.07) is 0. The highest BCUT2D eigenvalue weighted by atomic mass is 31.2. The van der Waals surface area contributed by atoms with Crippen molar-refractivity contribution < 1.29 is 80.2 Å². The molecule has 5 atom stereocenters. The van der Waals surface area contributed by atoms with Crippen LogP contribution in [0.4, 0.5) is 0 Å². The van der Waals surface area contributed by atoms with Crippen molar-refractivity contribution in [1.82, 2.24) is 0 Å². The fraction of sp³-hybridized carbons (Fsp3) is 0.955. The third-order valence-corrected chi connectivity index (χ3v) is 22.7. The van der Waals surface area contributed by atoms with Crippen molar-refractivity contribution in [3.63, 3.8) is 0 Å². The third kappa shape index (κ3) is 81.9. The molecular weight excluding hydrogens is 1390 g/mol. The highest BCUT2D eigenvalue weighted by Gasteiger charge is 2.30. The van der Waals surface area contributed by atoms with Gasteiger partial charge in [-0.3, -0.25) is 37.3 Å². The van der Waals surface area contributed by atoms with Gasteiger partial charge in [0.1, 0.15) is 19.3 Å². The molecule has 636 valence electrons. The summed E-state index contributed by atoms with van der Waals surface area (Å²) in [5.41, 5.74) is 0. The standard InChI is InChI=1S/C88H172O17P2/c1-6-9-12-15-17-19-21-23-25-27-29-30-31-33-39-43-47-51-55-59-64-69-74-88(93)105-84(78-99-86(91)72-67-62-57-53-49-45-41-37-35-34-36-40-44-48-52-56-61-65-70-81(4)5)80-103-107(96,97)101-76-82(89)75-100-106(94,95)102-79-83(77-98-85(90)71-66-60-14-11-8-3)104-87(92)73-68-63-58-54-50-46-42-38-32-28-26-24-22-20-18-16-13-10-7-2/h81-84,89H,6-80H2,1-5H3,(H,94,95)(H,96,97)/t82-,83+,84+/m0/s1. The molecule has 0 saturated carbocycles. The molecule has 0 amide bonds. The summed E-state index contributed by atoms with van der Waals surface area (Å²) in [5, 5.41) is 10.6. The van der Waals surface area contributed by atoms with E-state index in [9.17, 15) is 43.2 Å². The van der Waals surface area contributed by atoms with Crippen molar-refractivity contribution in [2.24, 2.45) is 5.92 Å². The summed E-state index contributed by atoms with van der Waals surface area (Å²) in [5.74, 6) is -1.29. The van der Waals surface area contributed by atoms with Gasteiger partial charge in [-0.2, -0.15) is 0 Å². The molecule has 0 bridgehead atoms. The Hall–Kier alpha value is -1.94. The molecule has 0 saturated heterocycles. The van der Waals surface area contributed by atoms with Gasteiger partial charge in [0.2, 0.25) is 0 Å². The number of phosphoric ester groups is 2. The van der Waals surface area contributed by atoms with Gasteiger partial charge in [-0.25, -0.2) is 9.13 Å². The number of carbonyl (C=O) groups excluding carboxylic acids is 4. The van der Waals surface area contributed by atoms with Crippen LogP contribution in [0, 0.1) is 5.92 Å². The number of ether oxygens (including phenoxy) is 4. The predicted octanol–water partition coefficient (Wildman–Crippen LogP) is 27.2. The Bertz CT molecular complexity index is 2030. The zero-order valence-electron chi connectivity index (χ0n) is 70.3. The van der Waals surface area contributed by atoms with Crippen molar-refractivity contribution in [3.05, 3.63) is 0 Å². The van der Waals surface area contributed by atoms with Crippen LogP contribution in [-0.4, -0.2) is 96.7 Å². The Kier molecular flexibility index (Phi) is 79.2. The minimum atomic E-state index is -4.96. The lowest BCUT2D eigenvalue weighted by molar-refractivity contribution is -0.161. The number of hydrogen-bond donors (Lipinski definition) is 3. The Morgan fingerprint density at radius 3 is 0.636 bits per heavy atom. The van der Waals surface area contributed by atoms with Crippen LogP contribution >= 0.6 is 15.6 Å². The topological polar surface area (TPSA) is 237 Å². The minimum Gasteiger partial charge on any atom is -0.462 e. The van der Waals surface area contributed by atoms with Crippen molar-refractivity contribution >= 4 is 39.5 Å². The van der Waals surface area contributed by atoms with E-state index >= 15 is 0 Å². The molecule has 2 unspecified atom stereocenters. The fourth-order valence-electron chi connectivity index (χ4n) is 13.8. The van der Waals surface area contributed by atoms with Crippen LogP contribution in [0.15, 0.2) is 0 Å².